The monoisotopic (exact) mass is 271 g/mol. The van der Waals surface area contributed by atoms with Crippen LogP contribution in [-0.4, -0.2) is 16.7 Å². The maximum absolute atomic E-state index is 5.91. The van der Waals surface area contributed by atoms with Gasteiger partial charge in [0, 0.05) is 12.6 Å². The van der Waals surface area contributed by atoms with Crippen molar-refractivity contribution in [3.63, 3.8) is 0 Å². The van der Waals surface area contributed by atoms with E-state index in [1.165, 1.54) is 31.3 Å². The van der Waals surface area contributed by atoms with Gasteiger partial charge in [0.2, 0.25) is 0 Å². The normalized spacial score (nSPS) is 15.5. The third kappa shape index (κ3) is 3.86. The molecule has 0 saturated carbocycles. The predicted octanol–water partition coefficient (Wildman–Crippen LogP) is 4.09. The fourth-order valence-electron chi connectivity index (χ4n) is 1.97. The van der Waals surface area contributed by atoms with Crippen molar-refractivity contribution in [1.29, 1.82) is 0 Å². The van der Waals surface area contributed by atoms with Gasteiger partial charge < -0.3 is 5.32 Å². The molecule has 0 aliphatic heterocycles. The maximum Gasteiger partial charge on any atom is 0.174 e. The summed E-state index contributed by atoms with van der Waals surface area (Å²) in [5.74, 6) is 0. The Morgan fingerprint density at radius 2 is 2.12 bits per heavy atom. The van der Waals surface area contributed by atoms with E-state index in [0.717, 1.165) is 18.7 Å². The molecule has 1 aliphatic rings. The molecule has 1 aromatic rings. The quantitative estimate of drug-likeness (QED) is 0.839. The average Bonchev–Trinajstić information content (AvgIpc) is 2.35. The number of hydrogen-bond donors (Lipinski definition) is 1. The van der Waals surface area contributed by atoms with E-state index >= 15 is 0 Å². The molecule has 2 rings (SSSR count). The van der Waals surface area contributed by atoms with Gasteiger partial charge in [-0.2, -0.15) is 0 Å². The zero-order valence-electron chi connectivity index (χ0n) is 9.55. The molecular formula is C12H15Cl2N3. The first-order chi connectivity index (χ1) is 8.25. The lowest BCUT2D eigenvalue weighted by molar-refractivity contribution is 0.679. The summed E-state index contributed by atoms with van der Waals surface area (Å²) in [6.45, 7) is 0.855. The molecule has 0 aromatic carbocycles. The van der Waals surface area contributed by atoms with Gasteiger partial charge >= 0.3 is 0 Å². The summed E-state index contributed by atoms with van der Waals surface area (Å²) in [5, 5.41) is 11.4. The summed E-state index contributed by atoms with van der Waals surface area (Å²) < 4.78 is 0. The van der Waals surface area contributed by atoms with Crippen LogP contribution in [0.15, 0.2) is 17.7 Å². The lowest BCUT2D eigenvalue weighted by atomic mass is 9.97. The molecule has 0 unspecified atom stereocenters. The standard InChI is InChI=1S/C12H15Cl2N3/c13-11-8-10(12(14)17-16-11)15-7-6-9-4-2-1-3-5-9/h4,8H,1-3,5-7H2,(H,15,16). The van der Waals surface area contributed by atoms with Crippen molar-refractivity contribution in [2.75, 3.05) is 11.9 Å². The van der Waals surface area contributed by atoms with Crippen LogP contribution in [0.25, 0.3) is 0 Å². The number of aromatic nitrogens is 2. The minimum absolute atomic E-state index is 0.355. The highest BCUT2D eigenvalue weighted by Crippen LogP contribution is 2.23. The van der Waals surface area contributed by atoms with E-state index in [1.54, 1.807) is 6.07 Å². The largest absolute Gasteiger partial charge is 0.382 e. The molecule has 17 heavy (non-hydrogen) atoms. The molecule has 5 heteroatoms. The highest BCUT2D eigenvalue weighted by molar-refractivity contribution is 6.33. The Kier molecular flexibility index (Phi) is 4.63. The minimum Gasteiger partial charge on any atom is -0.382 e. The molecule has 3 nitrogen and oxygen atoms in total. The Morgan fingerprint density at radius 1 is 1.24 bits per heavy atom. The molecule has 92 valence electrons. The smallest absolute Gasteiger partial charge is 0.174 e. The van der Waals surface area contributed by atoms with E-state index in [2.05, 4.69) is 21.6 Å². The first-order valence-electron chi connectivity index (χ1n) is 5.86. The van der Waals surface area contributed by atoms with Crippen molar-refractivity contribution in [2.24, 2.45) is 0 Å². The van der Waals surface area contributed by atoms with Crippen molar-refractivity contribution in [2.45, 2.75) is 32.1 Å². The van der Waals surface area contributed by atoms with Gasteiger partial charge in [-0.15, -0.1) is 10.2 Å². The van der Waals surface area contributed by atoms with Crippen LogP contribution in [0.3, 0.4) is 0 Å². The Labute approximate surface area is 111 Å². The van der Waals surface area contributed by atoms with E-state index in [9.17, 15) is 0 Å². The molecule has 0 saturated heterocycles. The summed E-state index contributed by atoms with van der Waals surface area (Å²) in [4.78, 5) is 0. The van der Waals surface area contributed by atoms with Crippen LogP contribution in [0, 0.1) is 0 Å². The molecule has 0 radical (unpaired) electrons. The van der Waals surface area contributed by atoms with E-state index in [0.29, 0.717) is 10.3 Å². The number of nitrogens with one attached hydrogen (secondary N) is 1. The first kappa shape index (κ1) is 12.7. The zero-order chi connectivity index (χ0) is 12.1. The van der Waals surface area contributed by atoms with Gasteiger partial charge in [-0.25, -0.2) is 0 Å². The predicted molar refractivity (Wildman–Crippen MR) is 71.7 cm³/mol. The minimum atomic E-state index is 0.355. The molecule has 0 atom stereocenters. The van der Waals surface area contributed by atoms with E-state index in [4.69, 9.17) is 23.2 Å². The molecule has 1 aliphatic carbocycles. The lowest BCUT2D eigenvalue weighted by Gasteiger charge is -2.13. The number of anilines is 1. The van der Waals surface area contributed by atoms with Crippen molar-refractivity contribution in [3.05, 3.63) is 28.0 Å². The highest BCUT2D eigenvalue weighted by atomic mass is 35.5. The van der Waals surface area contributed by atoms with Gasteiger partial charge in [0.15, 0.2) is 10.3 Å². The summed E-state index contributed by atoms with van der Waals surface area (Å²) in [6, 6.07) is 1.70. The molecule has 1 aromatic heterocycles. The number of hydrogen-bond acceptors (Lipinski definition) is 3. The zero-order valence-corrected chi connectivity index (χ0v) is 11.1. The Hall–Kier alpha value is -0.800. The van der Waals surface area contributed by atoms with Crippen LogP contribution >= 0.6 is 23.2 Å². The number of nitrogens with zero attached hydrogens (tertiary/aromatic N) is 2. The van der Waals surface area contributed by atoms with Gasteiger partial charge in [-0.05, 0) is 32.1 Å². The van der Waals surface area contributed by atoms with Crippen molar-refractivity contribution in [1.82, 2.24) is 10.2 Å². The summed E-state index contributed by atoms with van der Waals surface area (Å²) >= 11 is 11.7. The van der Waals surface area contributed by atoms with Gasteiger partial charge in [0.1, 0.15) is 0 Å². The van der Waals surface area contributed by atoms with Crippen LogP contribution in [-0.2, 0) is 0 Å². The van der Waals surface area contributed by atoms with Crippen LogP contribution in [0.4, 0.5) is 5.69 Å². The average molecular weight is 272 g/mol. The second kappa shape index (κ2) is 6.22. The fraction of sp³-hybridized carbons (Fsp3) is 0.500. The van der Waals surface area contributed by atoms with Gasteiger partial charge in [0.05, 0.1) is 5.69 Å². The number of halogens is 2. The maximum atomic E-state index is 5.91. The number of rotatable bonds is 4. The molecule has 0 spiro atoms. The highest BCUT2D eigenvalue weighted by Gasteiger charge is 2.05. The fourth-order valence-corrected chi connectivity index (χ4v) is 2.27. The van der Waals surface area contributed by atoms with Gasteiger partial charge in [0.25, 0.3) is 0 Å². The Morgan fingerprint density at radius 3 is 2.88 bits per heavy atom. The number of allylic oxidation sites excluding steroid dienone is 1. The third-order valence-corrected chi connectivity index (χ3v) is 3.33. The van der Waals surface area contributed by atoms with Crippen LogP contribution in [0.2, 0.25) is 10.3 Å². The van der Waals surface area contributed by atoms with E-state index < -0.39 is 0 Å². The van der Waals surface area contributed by atoms with Crippen LogP contribution in [0.1, 0.15) is 32.1 Å². The third-order valence-electron chi connectivity index (χ3n) is 2.87. The Balaban J connectivity index is 1.85. The van der Waals surface area contributed by atoms with Crippen molar-refractivity contribution in [3.8, 4) is 0 Å². The van der Waals surface area contributed by atoms with Crippen molar-refractivity contribution >= 4 is 28.9 Å². The second-order valence-corrected chi connectivity index (χ2v) is 4.90. The van der Waals surface area contributed by atoms with Crippen LogP contribution in [0.5, 0.6) is 0 Å². The van der Waals surface area contributed by atoms with Crippen molar-refractivity contribution < 1.29 is 0 Å². The SMILES string of the molecule is Clc1cc(NCCC2=CCCCC2)c(Cl)nn1. The molecule has 0 fully saturated rings. The second-order valence-electron chi connectivity index (χ2n) is 4.16. The molecular weight excluding hydrogens is 257 g/mol. The summed E-state index contributed by atoms with van der Waals surface area (Å²) in [6.07, 6.45) is 8.49. The van der Waals surface area contributed by atoms with E-state index in [1.807, 2.05) is 0 Å². The first-order valence-corrected chi connectivity index (χ1v) is 6.62. The van der Waals surface area contributed by atoms with E-state index in [-0.39, 0.29) is 0 Å². The molecule has 0 bridgehead atoms. The lowest BCUT2D eigenvalue weighted by Crippen LogP contribution is -2.05. The summed E-state index contributed by atoms with van der Waals surface area (Å²) in [7, 11) is 0. The van der Waals surface area contributed by atoms with Gasteiger partial charge in [-0.1, -0.05) is 34.9 Å². The van der Waals surface area contributed by atoms with Gasteiger partial charge in [-0.3, -0.25) is 0 Å². The topological polar surface area (TPSA) is 37.8 Å². The molecule has 1 heterocycles. The Bertz CT molecular complexity index is 418. The summed E-state index contributed by atoms with van der Waals surface area (Å²) in [5.41, 5.74) is 2.29. The van der Waals surface area contributed by atoms with Crippen LogP contribution < -0.4 is 5.32 Å². The molecule has 0 amide bonds. The molecule has 1 N–H and O–H groups in total.